The van der Waals surface area contributed by atoms with E-state index in [9.17, 15) is 9.00 Å². The predicted molar refractivity (Wildman–Crippen MR) is 93.1 cm³/mol. The molecule has 0 radical (unpaired) electrons. The van der Waals surface area contributed by atoms with Gasteiger partial charge in [0.1, 0.15) is 11.0 Å². The highest BCUT2D eigenvalue weighted by molar-refractivity contribution is 7.86. The predicted octanol–water partition coefficient (Wildman–Crippen LogP) is 4.10. The average Bonchev–Trinajstić information content (AvgIpc) is 2.95. The molecule has 23 heavy (non-hydrogen) atoms. The molecule has 0 spiro atoms. The number of anilines is 1. The molecule has 1 N–H and O–H groups in total. The summed E-state index contributed by atoms with van der Waals surface area (Å²) < 4.78 is 15.5. The van der Waals surface area contributed by atoms with Crippen molar-refractivity contribution in [1.82, 2.24) is 0 Å². The van der Waals surface area contributed by atoms with Gasteiger partial charge in [0.2, 0.25) is 0 Å². The first-order chi connectivity index (χ1) is 11.2. The van der Waals surface area contributed by atoms with Gasteiger partial charge in [-0.3, -0.25) is 4.79 Å². The second-order valence-corrected chi connectivity index (χ2v) is 6.89. The summed E-state index contributed by atoms with van der Waals surface area (Å²) >= 11 is 0. The van der Waals surface area contributed by atoms with Gasteiger partial charge in [-0.25, -0.2) is 4.21 Å². The van der Waals surface area contributed by atoms with Crippen LogP contribution in [0.5, 0.6) is 0 Å². The summed E-state index contributed by atoms with van der Waals surface area (Å²) in [7, 11) is -1.36. The zero-order chi connectivity index (χ0) is 15.8. The van der Waals surface area contributed by atoms with Crippen LogP contribution in [0.4, 0.5) is 5.69 Å². The Labute approximate surface area is 136 Å². The number of Topliss-reactive ketones (excluding diaryl/α,β-unsaturated/α-hetero) is 1. The van der Waals surface area contributed by atoms with Crippen LogP contribution >= 0.6 is 0 Å². The lowest BCUT2D eigenvalue weighted by Gasteiger charge is -2.08. The fourth-order valence-corrected chi connectivity index (χ4v) is 3.83. The minimum atomic E-state index is -1.36. The van der Waals surface area contributed by atoms with E-state index in [0.717, 1.165) is 33.2 Å². The molecule has 114 valence electrons. The van der Waals surface area contributed by atoms with Crippen LogP contribution in [0.1, 0.15) is 22.3 Å². The fourth-order valence-electron chi connectivity index (χ4n) is 2.95. The molecular formula is C19H15NO2S. The third-order valence-electron chi connectivity index (χ3n) is 4.18. The number of hydrogen-bond acceptors (Lipinski definition) is 2. The highest BCUT2D eigenvalue weighted by atomic mass is 32.2. The van der Waals surface area contributed by atoms with Gasteiger partial charge < -0.3 is 4.72 Å². The normalized spacial score (nSPS) is 14.7. The first-order valence-corrected chi connectivity index (χ1v) is 8.69. The van der Waals surface area contributed by atoms with Crippen molar-refractivity contribution in [1.29, 1.82) is 0 Å². The van der Waals surface area contributed by atoms with E-state index in [-0.39, 0.29) is 5.78 Å². The maximum absolute atomic E-state index is 12.6. The van der Waals surface area contributed by atoms with Crippen molar-refractivity contribution in [2.24, 2.45) is 0 Å². The fraction of sp³-hybridized carbons (Fsp3) is 0.105. The Balaban J connectivity index is 1.62. The Morgan fingerprint density at radius 1 is 0.870 bits per heavy atom. The molecule has 4 rings (SSSR count). The number of carbonyl (C=O) groups is 1. The van der Waals surface area contributed by atoms with Gasteiger partial charge in [-0.2, -0.15) is 0 Å². The van der Waals surface area contributed by atoms with Gasteiger partial charge in [-0.15, -0.1) is 0 Å². The van der Waals surface area contributed by atoms with Crippen LogP contribution in [0.3, 0.4) is 0 Å². The van der Waals surface area contributed by atoms with Gasteiger partial charge in [0, 0.05) is 17.7 Å². The number of hydrogen-bond donors (Lipinski definition) is 1. The van der Waals surface area contributed by atoms with Crippen LogP contribution in [-0.2, 0) is 17.4 Å². The van der Waals surface area contributed by atoms with Gasteiger partial charge >= 0.3 is 0 Å². The Morgan fingerprint density at radius 2 is 1.70 bits per heavy atom. The minimum absolute atomic E-state index is 0.167. The standard InChI is InChI=1S/C19H15NO2S/c21-19-10-7-14-5-8-16(12-18(14)19)20-23(22)17-9-6-13-3-1-2-4-15(13)11-17/h1-6,8-9,11-12,20H,7,10H2. The number of ketones is 1. The average molecular weight is 321 g/mol. The molecule has 1 unspecified atom stereocenters. The minimum Gasteiger partial charge on any atom is -0.301 e. The summed E-state index contributed by atoms with van der Waals surface area (Å²) in [5.74, 6) is 0.167. The van der Waals surface area contributed by atoms with E-state index in [2.05, 4.69) is 4.72 Å². The monoisotopic (exact) mass is 321 g/mol. The number of carbonyl (C=O) groups excluding carboxylic acids is 1. The van der Waals surface area contributed by atoms with E-state index in [0.29, 0.717) is 12.1 Å². The number of nitrogens with one attached hydrogen (secondary N) is 1. The number of rotatable bonds is 3. The summed E-state index contributed by atoms with van der Waals surface area (Å²) in [4.78, 5) is 12.5. The molecule has 0 aromatic heterocycles. The third kappa shape index (κ3) is 2.66. The molecule has 1 aliphatic carbocycles. The molecule has 1 aliphatic rings. The summed E-state index contributed by atoms with van der Waals surface area (Å²) in [5.41, 5.74) is 2.55. The smallest absolute Gasteiger partial charge is 0.163 e. The summed E-state index contributed by atoms with van der Waals surface area (Å²) in [6.07, 6.45) is 1.38. The van der Waals surface area contributed by atoms with Crippen LogP contribution < -0.4 is 4.72 Å². The van der Waals surface area contributed by atoms with Crippen molar-refractivity contribution < 1.29 is 9.00 Å². The van der Waals surface area contributed by atoms with E-state index in [1.54, 1.807) is 0 Å². The Morgan fingerprint density at radius 3 is 2.57 bits per heavy atom. The van der Waals surface area contributed by atoms with Crippen molar-refractivity contribution >= 4 is 33.2 Å². The first-order valence-electron chi connectivity index (χ1n) is 7.54. The first kappa shape index (κ1) is 14.2. The van der Waals surface area contributed by atoms with Crippen LogP contribution in [0.25, 0.3) is 10.8 Å². The molecule has 3 aromatic rings. The van der Waals surface area contributed by atoms with Crippen LogP contribution in [0.2, 0.25) is 0 Å². The molecule has 1 atom stereocenters. The van der Waals surface area contributed by atoms with Gasteiger partial charge in [-0.05, 0) is 47.0 Å². The molecular weight excluding hydrogens is 306 g/mol. The van der Waals surface area contributed by atoms with Crippen molar-refractivity contribution in [3.63, 3.8) is 0 Å². The van der Waals surface area contributed by atoms with Crippen LogP contribution in [0, 0.1) is 0 Å². The lowest BCUT2D eigenvalue weighted by Crippen LogP contribution is -2.05. The molecule has 4 heteroatoms. The second kappa shape index (κ2) is 5.63. The second-order valence-electron chi connectivity index (χ2n) is 5.67. The molecule has 3 aromatic carbocycles. The van der Waals surface area contributed by atoms with Crippen molar-refractivity contribution in [2.45, 2.75) is 17.7 Å². The number of aryl methyl sites for hydroxylation is 1. The highest BCUT2D eigenvalue weighted by Crippen LogP contribution is 2.26. The molecule has 0 bridgehead atoms. The summed E-state index contributed by atoms with van der Waals surface area (Å²) in [6.45, 7) is 0. The van der Waals surface area contributed by atoms with Gasteiger partial charge in [0.15, 0.2) is 5.78 Å². The number of fused-ring (bicyclic) bond motifs is 2. The van der Waals surface area contributed by atoms with Gasteiger partial charge in [0.05, 0.1) is 4.90 Å². The quantitative estimate of drug-likeness (QED) is 0.789. The molecule has 0 saturated carbocycles. The van der Waals surface area contributed by atoms with Gasteiger partial charge in [0.25, 0.3) is 0 Å². The van der Waals surface area contributed by atoms with E-state index < -0.39 is 11.0 Å². The Kier molecular flexibility index (Phi) is 3.46. The van der Waals surface area contributed by atoms with Crippen LogP contribution in [0.15, 0.2) is 65.6 Å². The molecule has 3 nitrogen and oxygen atoms in total. The molecule has 0 saturated heterocycles. The molecule has 0 fully saturated rings. The SMILES string of the molecule is O=C1CCc2ccc(NS(=O)c3ccc4ccccc4c3)cc21. The largest absolute Gasteiger partial charge is 0.301 e. The van der Waals surface area contributed by atoms with Crippen LogP contribution in [-0.4, -0.2) is 9.99 Å². The van der Waals surface area contributed by atoms with Gasteiger partial charge in [-0.1, -0.05) is 36.4 Å². The van der Waals surface area contributed by atoms with E-state index in [1.807, 2.05) is 60.7 Å². The maximum atomic E-state index is 12.6. The molecule has 0 amide bonds. The van der Waals surface area contributed by atoms with Crippen molar-refractivity contribution in [3.05, 3.63) is 71.8 Å². The van der Waals surface area contributed by atoms with E-state index >= 15 is 0 Å². The van der Waals surface area contributed by atoms with Crippen molar-refractivity contribution in [2.75, 3.05) is 4.72 Å². The lowest BCUT2D eigenvalue weighted by molar-refractivity contribution is 0.0994. The number of benzene rings is 3. The lowest BCUT2D eigenvalue weighted by atomic mass is 10.1. The summed E-state index contributed by atoms with van der Waals surface area (Å²) in [5, 5.41) is 2.18. The Bertz CT molecular complexity index is 949. The highest BCUT2D eigenvalue weighted by Gasteiger charge is 2.19. The Hall–Kier alpha value is -2.46. The zero-order valence-corrected chi connectivity index (χ0v) is 13.2. The maximum Gasteiger partial charge on any atom is 0.163 e. The molecule has 0 heterocycles. The van der Waals surface area contributed by atoms with E-state index in [1.165, 1.54) is 0 Å². The topological polar surface area (TPSA) is 46.2 Å². The summed E-state index contributed by atoms with van der Waals surface area (Å²) in [6, 6.07) is 19.4. The third-order valence-corrected chi connectivity index (χ3v) is 5.28. The van der Waals surface area contributed by atoms with E-state index in [4.69, 9.17) is 0 Å². The molecule has 0 aliphatic heterocycles. The zero-order valence-electron chi connectivity index (χ0n) is 12.4. The van der Waals surface area contributed by atoms with Crippen molar-refractivity contribution in [3.8, 4) is 0 Å².